The third-order valence-corrected chi connectivity index (χ3v) is 12.2. The van der Waals surface area contributed by atoms with Gasteiger partial charge in [0.15, 0.2) is 0 Å². The van der Waals surface area contributed by atoms with Crippen LogP contribution in [0.4, 0.5) is 0 Å². The summed E-state index contributed by atoms with van der Waals surface area (Å²) in [6.07, 6.45) is 1.98. The molecule has 3 atom stereocenters. The van der Waals surface area contributed by atoms with Gasteiger partial charge in [-0.2, -0.15) is 0 Å². The first kappa shape index (κ1) is 27.7. The van der Waals surface area contributed by atoms with Crippen molar-refractivity contribution in [3.05, 3.63) is 77.9 Å². The number of carbonyl (C=O) groups excluding carboxylic acids is 1. The van der Waals surface area contributed by atoms with E-state index in [-0.39, 0.29) is 11.1 Å². The quantitative estimate of drug-likeness (QED) is 0.214. The van der Waals surface area contributed by atoms with E-state index in [4.69, 9.17) is 16.0 Å². The Balaban J connectivity index is 2.06. The molecule has 0 spiro atoms. The molecule has 3 unspecified atom stereocenters. The molecule has 190 valence electrons. The highest BCUT2D eigenvalue weighted by Crippen LogP contribution is 2.39. The Labute approximate surface area is 218 Å². The first-order chi connectivity index (χ1) is 16.3. The van der Waals surface area contributed by atoms with Crippen molar-refractivity contribution in [3.8, 4) is 5.75 Å². The molecule has 0 N–H and O–H groups in total. The van der Waals surface area contributed by atoms with Gasteiger partial charge in [0.2, 0.25) is 8.32 Å². The third kappa shape index (κ3) is 6.45. The predicted octanol–water partition coefficient (Wildman–Crippen LogP) is 7.12. The van der Waals surface area contributed by atoms with Gasteiger partial charge >= 0.3 is 0 Å². The lowest BCUT2D eigenvalue weighted by atomic mass is 9.92. The highest BCUT2D eigenvalue weighted by molar-refractivity contribution is 6.74. The van der Waals surface area contributed by atoms with Crippen LogP contribution in [0.15, 0.2) is 61.2 Å². The minimum Gasteiger partial charge on any atom is -0.543 e. The Morgan fingerprint density at radius 2 is 1.74 bits per heavy atom. The van der Waals surface area contributed by atoms with Crippen molar-refractivity contribution in [2.45, 2.75) is 70.9 Å². The maximum absolute atomic E-state index is 12.0. The number of halogens is 1. The Hall–Kier alpha value is -1.92. The topological polar surface area (TPSA) is 32.8 Å². The lowest BCUT2D eigenvalue weighted by Crippen LogP contribution is -2.57. The normalized spacial score (nSPS) is 20.9. The van der Waals surface area contributed by atoms with Crippen molar-refractivity contribution in [2.75, 3.05) is 19.6 Å². The second kappa shape index (κ2) is 11.0. The van der Waals surface area contributed by atoms with Gasteiger partial charge in [0, 0.05) is 37.3 Å². The van der Waals surface area contributed by atoms with E-state index in [0.717, 1.165) is 36.5 Å². The van der Waals surface area contributed by atoms with Crippen LogP contribution in [-0.2, 0) is 0 Å². The summed E-state index contributed by atoms with van der Waals surface area (Å²) >= 11 is 5.87. The Morgan fingerprint density at radius 3 is 2.34 bits per heavy atom. The van der Waals surface area contributed by atoms with E-state index in [1.54, 1.807) is 6.07 Å². The second-order valence-electron chi connectivity index (χ2n) is 11.4. The molecule has 2 aromatic carbocycles. The van der Waals surface area contributed by atoms with Gasteiger partial charge in [0.25, 0.3) is 5.24 Å². The van der Waals surface area contributed by atoms with E-state index in [2.05, 4.69) is 94.4 Å². The van der Waals surface area contributed by atoms with Crippen molar-refractivity contribution < 1.29 is 9.22 Å². The van der Waals surface area contributed by atoms with E-state index >= 15 is 0 Å². The number of benzene rings is 2. The van der Waals surface area contributed by atoms with E-state index in [1.807, 2.05) is 18.2 Å². The van der Waals surface area contributed by atoms with E-state index in [9.17, 15) is 4.79 Å². The van der Waals surface area contributed by atoms with Crippen molar-refractivity contribution in [1.29, 1.82) is 0 Å². The Morgan fingerprint density at radius 1 is 1.11 bits per heavy atom. The number of hydrogen-bond donors (Lipinski definition) is 0. The first-order valence-electron chi connectivity index (χ1n) is 12.5. The summed E-state index contributed by atoms with van der Waals surface area (Å²) in [6, 6.07) is 16.9. The average molecular weight is 513 g/mol. The van der Waals surface area contributed by atoms with Crippen LogP contribution in [-0.4, -0.2) is 55.1 Å². The van der Waals surface area contributed by atoms with Gasteiger partial charge in [-0.1, -0.05) is 57.2 Å². The largest absolute Gasteiger partial charge is 0.543 e. The lowest BCUT2D eigenvalue weighted by Gasteiger charge is -2.47. The van der Waals surface area contributed by atoms with Gasteiger partial charge in [-0.05, 0) is 72.9 Å². The molecule has 1 aliphatic heterocycles. The summed E-state index contributed by atoms with van der Waals surface area (Å²) in [5.74, 6) is 0.912. The molecule has 4 nitrogen and oxygen atoms in total. The maximum Gasteiger partial charge on any atom is 0.252 e. The van der Waals surface area contributed by atoms with Gasteiger partial charge in [0.05, 0.1) is 6.04 Å². The van der Waals surface area contributed by atoms with E-state index in [0.29, 0.717) is 17.6 Å². The number of hydrogen-bond acceptors (Lipinski definition) is 4. The fraction of sp³-hybridized carbons (Fsp3) is 0.483. The van der Waals surface area contributed by atoms with Crippen LogP contribution in [0.1, 0.15) is 62.1 Å². The third-order valence-electron chi connectivity index (χ3n) is 7.64. The van der Waals surface area contributed by atoms with Crippen LogP contribution >= 0.6 is 11.6 Å². The summed E-state index contributed by atoms with van der Waals surface area (Å²) in [4.78, 5) is 17.0. The molecule has 1 fully saturated rings. The highest BCUT2D eigenvalue weighted by atomic mass is 35.5. The molecule has 0 amide bonds. The number of carbonyl (C=O) groups is 1. The predicted molar refractivity (Wildman–Crippen MR) is 150 cm³/mol. The van der Waals surface area contributed by atoms with Gasteiger partial charge in [-0.25, -0.2) is 0 Å². The Kier molecular flexibility index (Phi) is 8.69. The molecule has 0 aliphatic carbocycles. The zero-order chi connectivity index (χ0) is 26.0. The standard InChI is InChI=1S/C29H41ClN2O2Si/c1-9-16-31-19-22(3)32(20-21(31)2)27(23-12-10-14-25(17-23)28(30)33)24-13-11-15-26(18-24)34-35(7,8)29(4,5)6/h9-15,17-18,21-22,27H,1,16,19-20H2,2-8H3. The molecule has 35 heavy (non-hydrogen) atoms. The molecular weight excluding hydrogens is 472 g/mol. The second-order valence-corrected chi connectivity index (χ2v) is 16.4. The first-order valence-corrected chi connectivity index (χ1v) is 15.8. The monoisotopic (exact) mass is 512 g/mol. The molecule has 3 rings (SSSR count). The van der Waals surface area contributed by atoms with Crippen LogP contribution < -0.4 is 4.43 Å². The smallest absolute Gasteiger partial charge is 0.252 e. The lowest BCUT2D eigenvalue weighted by molar-refractivity contribution is 0.0306. The van der Waals surface area contributed by atoms with Crippen LogP contribution in [0, 0.1) is 0 Å². The minimum absolute atomic E-state index is 0.0164. The average Bonchev–Trinajstić information content (AvgIpc) is 2.77. The van der Waals surface area contributed by atoms with Gasteiger partial charge < -0.3 is 4.43 Å². The number of nitrogens with zero attached hydrogens (tertiary/aromatic N) is 2. The molecule has 1 saturated heterocycles. The van der Waals surface area contributed by atoms with Crippen molar-refractivity contribution in [2.24, 2.45) is 0 Å². The maximum atomic E-state index is 12.0. The van der Waals surface area contributed by atoms with Gasteiger partial charge in [0.1, 0.15) is 5.75 Å². The van der Waals surface area contributed by atoms with Crippen LogP contribution in [0.25, 0.3) is 0 Å². The van der Waals surface area contributed by atoms with Crippen molar-refractivity contribution >= 4 is 25.2 Å². The fourth-order valence-electron chi connectivity index (χ4n) is 4.61. The molecule has 1 heterocycles. The number of rotatable bonds is 8. The van der Waals surface area contributed by atoms with Crippen LogP contribution in [0.5, 0.6) is 5.75 Å². The van der Waals surface area contributed by atoms with Crippen LogP contribution in [0.3, 0.4) is 0 Å². The summed E-state index contributed by atoms with van der Waals surface area (Å²) < 4.78 is 6.67. The highest BCUT2D eigenvalue weighted by Gasteiger charge is 2.39. The number of piperazine rings is 1. The zero-order valence-electron chi connectivity index (χ0n) is 22.3. The fourth-order valence-corrected chi connectivity index (χ4v) is 5.75. The summed E-state index contributed by atoms with van der Waals surface area (Å²) in [5.41, 5.74) is 2.75. The molecule has 2 aromatic rings. The van der Waals surface area contributed by atoms with Crippen molar-refractivity contribution in [1.82, 2.24) is 9.80 Å². The minimum atomic E-state index is -1.98. The van der Waals surface area contributed by atoms with Crippen LogP contribution in [0.2, 0.25) is 18.1 Å². The van der Waals surface area contributed by atoms with Gasteiger partial charge in [-0.15, -0.1) is 6.58 Å². The Bertz CT molecular complexity index is 1050. The van der Waals surface area contributed by atoms with E-state index in [1.165, 1.54) is 0 Å². The molecule has 6 heteroatoms. The molecule has 0 saturated carbocycles. The SMILES string of the molecule is C=CCN1CC(C)N(C(c2cccc(O[Si](C)(C)C(C)(C)C)c2)c2cccc(C(=O)Cl)c2)CC1C. The molecule has 1 aliphatic rings. The molecule has 0 bridgehead atoms. The zero-order valence-corrected chi connectivity index (χ0v) is 24.1. The molecule has 0 radical (unpaired) electrons. The van der Waals surface area contributed by atoms with Crippen molar-refractivity contribution in [3.63, 3.8) is 0 Å². The summed E-state index contributed by atoms with van der Waals surface area (Å²) in [6.45, 7) is 22.6. The summed E-state index contributed by atoms with van der Waals surface area (Å²) in [7, 11) is -1.98. The summed E-state index contributed by atoms with van der Waals surface area (Å²) in [5, 5.41) is -0.319. The molecular formula is C29H41ClN2O2Si. The van der Waals surface area contributed by atoms with E-state index < -0.39 is 13.6 Å². The van der Waals surface area contributed by atoms with Gasteiger partial charge in [-0.3, -0.25) is 14.6 Å². The molecule has 0 aromatic heterocycles.